The fourth-order valence-electron chi connectivity index (χ4n) is 1.77. The fraction of sp³-hybridized carbons (Fsp3) is 0.364. The summed E-state index contributed by atoms with van der Waals surface area (Å²) in [6.07, 6.45) is 2.61. The molecule has 0 saturated carbocycles. The van der Waals surface area contributed by atoms with E-state index < -0.39 is 5.97 Å². The topological polar surface area (TPSA) is 72.9 Å². The highest BCUT2D eigenvalue weighted by molar-refractivity contribution is 5.85. The average molecular weight is 234 g/mol. The van der Waals surface area contributed by atoms with Gasteiger partial charge in [0.05, 0.1) is 11.9 Å². The molecule has 0 bridgehead atoms. The summed E-state index contributed by atoms with van der Waals surface area (Å²) < 4.78 is 3.32. The minimum absolute atomic E-state index is 0.0495. The first-order valence-electron chi connectivity index (χ1n) is 5.35. The standard InChI is InChI=1S/C11H14N4O2/c1-4-8-10(6-14(3)12-8)15-7(2)5-9(13-15)11(16)17/h5-6H,4H2,1-3H3,(H,16,17). The lowest BCUT2D eigenvalue weighted by molar-refractivity contribution is 0.0690. The van der Waals surface area contributed by atoms with Crippen molar-refractivity contribution in [3.8, 4) is 5.69 Å². The first kappa shape index (κ1) is 11.4. The fourth-order valence-corrected chi connectivity index (χ4v) is 1.77. The number of rotatable bonds is 3. The maximum Gasteiger partial charge on any atom is 0.356 e. The summed E-state index contributed by atoms with van der Waals surface area (Å²) in [5.41, 5.74) is 2.56. The van der Waals surface area contributed by atoms with Gasteiger partial charge in [0.15, 0.2) is 5.69 Å². The van der Waals surface area contributed by atoms with Crippen molar-refractivity contribution in [3.63, 3.8) is 0 Å². The molecule has 0 aromatic carbocycles. The third-order valence-corrected chi connectivity index (χ3v) is 2.55. The number of carbonyl (C=O) groups is 1. The number of hydrogen-bond acceptors (Lipinski definition) is 3. The van der Waals surface area contributed by atoms with Gasteiger partial charge in [0.2, 0.25) is 0 Å². The van der Waals surface area contributed by atoms with Crippen molar-refractivity contribution in [2.24, 2.45) is 7.05 Å². The Bertz CT molecular complexity index is 568. The first-order chi connectivity index (χ1) is 8.02. The summed E-state index contributed by atoms with van der Waals surface area (Å²) in [6, 6.07) is 1.55. The zero-order chi connectivity index (χ0) is 12.6. The van der Waals surface area contributed by atoms with E-state index in [9.17, 15) is 4.79 Å². The van der Waals surface area contributed by atoms with Gasteiger partial charge in [0.1, 0.15) is 5.69 Å². The van der Waals surface area contributed by atoms with E-state index in [1.54, 1.807) is 15.4 Å². The smallest absolute Gasteiger partial charge is 0.356 e. The predicted octanol–water partition coefficient (Wildman–Crippen LogP) is 1.17. The highest BCUT2D eigenvalue weighted by Gasteiger charge is 2.15. The van der Waals surface area contributed by atoms with Gasteiger partial charge in [-0.1, -0.05) is 6.92 Å². The third kappa shape index (κ3) is 1.93. The van der Waals surface area contributed by atoms with E-state index in [2.05, 4.69) is 10.2 Å². The van der Waals surface area contributed by atoms with Gasteiger partial charge >= 0.3 is 5.97 Å². The predicted molar refractivity (Wildman–Crippen MR) is 61.4 cm³/mol. The Kier molecular flexibility index (Phi) is 2.71. The number of nitrogens with zero attached hydrogens (tertiary/aromatic N) is 4. The zero-order valence-corrected chi connectivity index (χ0v) is 10.0. The van der Waals surface area contributed by atoms with E-state index in [1.807, 2.05) is 27.1 Å². The number of carboxylic acid groups (broad SMARTS) is 1. The van der Waals surface area contributed by atoms with Crippen molar-refractivity contribution in [3.05, 3.63) is 29.3 Å². The van der Waals surface area contributed by atoms with Gasteiger partial charge in [-0.25, -0.2) is 9.48 Å². The molecule has 0 aliphatic carbocycles. The molecular formula is C11H14N4O2. The monoisotopic (exact) mass is 234 g/mol. The van der Waals surface area contributed by atoms with Gasteiger partial charge in [-0.3, -0.25) is 4.68 Å². The molecule has 0 aliphatic heterocycles. The average Bonchev–Trinajstić information content (AvgIpc) is 2.81. The third-order valence-electron chi connectivity index (χ3n) is 2.55. The molecule has 0 fully saturated rings. The lowest BCUT2D eigenvalue weighted by Crippen LogP contribution is -2.03. The molecule has 2 heterocycles. The van der Waals surface area contributed by atoms with Crippen LogP contribution in [0.15, 0.2) is 12.3 Å². The van der Waals surface area contributed by atoms with E-state index in [0.717, 1.165) is 23.5 Å². The Morgan fingerprint density at radius 1 is 1.47 bits per heavy atom. The minimum atomic E-state index is -1.02. The molecule has 0 atom stereocenters. The van der Waals surface area contributed by atoms with E-state index in [0.29, 0.717) is 0 Å². The van der Waals surface area contributed by atoms with Crippen LogP contribution in [-0.2, 0) is 13.5 Å². The molecule has 0 radical (unpaired) electrons. The van der Waals surface area contributed by atoms with E-state index >= 15 is 0 Å². The summed E-state index contributed by atoms with van der Waals surface area (Å²) in [4.78, 5) is 10.9. The second-order valence-corrected chi connectivity index (χ2v) is 3.88. The first-order valence-corrected chi connectivity index (χ1v) is 5.35. The van der Waals surface area contributed by atoms with Crippen LogP contribution in [0.25, 0.3) is 5.69 Å². The summed E-state index contributed by atoms with van der Waals surface area (Å²) in [6.45, 7) is 3.83. The van der Waals surface area contributed by atoms with E-state index in [4.69, 9.17) is 5.11 Å². The molecule has 2 aromatic heterocycles. The largest absolute Gasteiger partial charge is 0.476 e. The van der Waals surface area contributed by atoms with Crippen LogP contribution in [0.5, 0.6) is 0 Å². The van der Waals surface area contributed by atoms with Crippen molar-refractivity contribution < 1.29 is 9.90 Å². The van der Waals surface area contributed by atoms with Crippen molar-refractivity contribution in [1.82, 2.24) is 19.6 Å². The highest BCUT2D eigenvalue weighted by atomic mass is 16.4. The molecule has 1 N–H and O–H groups in total. The lowest BCUT2D eigenvalue weighted by atomic mass is 10.3. The van der Waals surface area contributed by atoms with Crippen LogP contribution in [-0.4, -0.2) is 30.6 Å². The maximum absolute atomic E-state index is 10.9. The van der Waals surface area contributed by atoms with Crippen LogP contribution in [0.2, 0.25) is 0 Å². The Hall–Kier alpha value is -2.11. The van der Waals surface area contributed by atoms with Gasteiger partial charge in [-0.2, -0.15) is 10.2 Å². The van der Waals surface area contributed by atoms with Crippen molar-refractivity contribution in [1.29, 1.82) is 0 Å². The Morgan fingerprint density at radius 2 is 2.18 bits per heavy atom. The van der Waals surface area contributed by atoms with Gasteiger partial charge in [-0.15, -0.1) is 0 Å². The van der Waals surface area contributed by atoms with Crippen LogP contribution in [0.4, 0.5) is 0 Å². The van der Waals surface area contributed by atoms with Crippen molar-refractivity contribution in [2.75, 3.05) is 0 Å². The summed E-state index contributed by atoms with van der Waals surface area (Å²) >= 11 is 0. The van der Waals surface area contributed by atoms with E-state index in [-0.39, 0.29) is 5.69 Å². The number of aromatic carboxylic acids is 1. The molecule has 6 nitrogen and oxygen atoms in total. The van der Waals surface area contributed by atoms with Gasteiger partial charge in [0.25, 0.3) is 0 Å². The number of aryl methyl sites for hydroxylation is 3. The molecule has 2 rings (SSSR count). The second-order valence-electron chi connectivity index (χ2n) is 3.88. The molecule has 0 unspecified atom stereocenters. The molecule has 0 aliphatic rings. The number of aromatic nitrogens is 4. The van der Waals surface area contributed by atoms with Crippen LogP contribution in [0, 0.1) is 6.92 Å². The number of hydrogen-bond donors (Lipinski definition) is 1. The second kappa shape index (κ2) is 4.04. The highest BCUT2D eigenvalue weighted by Crippen LogP contribution is 2.16. The van der Waals surface area contributed by atoms with Crippen LogP contribution >= 0.6 is 0 Å². The zero-order valence-electron chi connectivity index (χ0n) is 10.0. The van der Waals surface area contributed by atoms with Crippen LogP contribution in [0.1, 0.15) is 28.8 Å². The molecule has 6 heteroatoms. The molecule has 0 saturated heterocycles. The van der Waals surface area contributed by atoms with Crippen LogP contribution < -0.4 is 0 Å². The lowest BCUT2D eigenvalue weighted by Gasteiger charge is -2.01. The molecule has 0 spiro atoms. The molecular weight excluding hydrogens is 220 g/mol. The molecule has 0 amide bonds. The van der Waals surface area contributed by atoms with Crippen molar-refractivity contribution >= 4 is 5.97 Å². The van der Waals surface area contributed by atoms with E-state index in [1.165, 1.54) is 0 Å². The maximum atomic E-state index is 10.9. The number of carboxylic acids is 1. The minimum Gasteiger partial charge on any atom is -0.476 e. The normalized spacial score (nSPS) is 10.8. The Balaban J connectivity index is 2.55. The van der Waals surface area contributed by atoms with Crippen LogP contribution in [0.3, 0.4) is 0 Å². The Labute approximate surface area is 98.5 Å². The summed E-state index contributed by atoms with van der Waals surface area (Å²) in [5.74, 6) is -1.02. The SMILES string of the molecule is CCc1nn(C)cc1-n1nc(C(=O)O)cc1C. The molecule has 17 heavy (non-hydrogen) atoms. The molecule has 2 aromatic rings. The van der Waals surface area contributed by atoms with Crippen molar-refractivity contribution in [2.45, 2.75) is 20.3 Å². The van der Waals surface area contributed by atoms with Gasteiger partial charge < -0.3 is 5.11 Å². The summed E-state index contributed by atoms with van der Waals surface area (Å²) in [5, 5.41) is 17.3. The van der Waals surface area contributed by atoms with Gasteiger partial charge in [0, 0.05) is 12.7 Å². The van der Waals surface area contributed by atoms with Gasteiger partial charge in [-0.05, 0) is 19.4 Å². The quantitative estimate of drug-likeness (QED) is 0.865. The summed E-state index contributed by atoms with van der Waals surface area (Å²) in [7, 11) is 1.83. The molecule has 90 valence electrons. The Morgan fingerprint density at radius 3 is 2.71 bits per heavy atom.